The van der Waals surface area contributed by atoms with Crippen LogP contribution < -0.4 is 4.90 Å². The number of carbonyl (C=O) groups is 4. The van der Waals surface area contributed by atoms with Gasteiger partial charge in [0.25, 0.3) is 0 Å². The molecule has 7 nitrogen and oxygen atoms in total. The minimum absolute atomic E-state index is 0.155. The summed E-state index contributed by atoms with van der Waals surface area (Å²) in [5.74, 6) is -0.674. The van der Waals surface area contributed by atoms with Gasteiger partial charge in [-0.05, 0) is 30.7 Å². The van der Waals surface area contributed by atoms with Gasteiger partial charge < -0.3 is 9.64 Å². The zero-order valence-corrected chi connectivity index (χ0v) is 14.5. The molecule has 0 N–H and O–H groups in total. The zero-order valence-electron chi connectivity index (χ0n) is 14.5. The Morgan fingerprint density at radius 3 is 2.48 bits per heavy atom. The maximum atomic E-state index is 11.8. The van der Waals surface area contributed by atoms with Crippen molar-refractivity contribution in [1.82, 2.24) is 4.90 Å². The molecule has 1 heterocycles. The molecule has 0 bridgehead atoms. The predicted molar refractivity (Wildman–Crippen MR) is 91.4 cm³/mol. The van der Waals surface area contributed by atoms with E-state index in [9.17, 15) is 19.2 Å². The zero-order chi connectivity index (χ0) is 18.4. The number of likely N-dealkylation sites (tertiary alicyclic amines) is 1. The fraction of sp³-hybridized carbons (Fsp3) is 0.444. The Hall–Kier alpha value is -2.70. The van der Waals surface area contributed by atoms with Crippen LogP contribution in [-0.2, 0) is 19.1 Å². The third kappa shape index (κ3) is 4.89. The molecule has 7 heteroatoms. The molecular formula is C18H22N2O5. The molecule has 1 fully saturated rings. The number of benzene rings is 1. The predicted octanol–water partition coefficient (Wildman–Crippen LogP) is 1.33. The molecule has 0 saturated carbocycles. The van der Waals surface area contributed by atoms with E-state index in [2.05, 4.69) is 0 Å². The molecule has 2 rings (SSSR count). The molecule has 0 atom stereocenters. The number of anilines is 1. The van der Waals surface area contributed by atoms with E-state index in [1.807, 2.05) is 17.9 Å². The van der Waals surface area contributed by atoms with E-state index in [1.165, 1.54) is 11.8 Å². The van der Waals surface area contributed by atoms with Crippen molar-refractivity contribution in [2.45, 2.75) is 26.7 Å². The van der Waals surface area contributed by atoms with Crippen LogP contribution in [0.15, 0.2) is 18.2 Å². The van der Waals surface area contributed by atoms with Crippen molar-refractivity contribution in [3.05, 3.63) is 29.3 Å². The lowest BCUT2D eigenvalue weighted by molar-refractivity contribution is -0.140. The number of nitrogens with zero attached hydrogens (tertiary/aromatic N) is 2. The van der Waals surface area contributed by atoms with Crippen LogP contribution >= 0.6 is 0 Å². The van der Waals surface area contributed by atoms with E-state index >= 15 is 0 Å². The van der Waals surface area contributed by atoms with Crippen molar-refractivity contribution in [3.63, 3.8) is 0 Å². The van der Waals surface area contributed by atoms with Gasteiger partial charge in [-0.3, -0.25) is 24.1 Å². The highest BCUT2D eigenvalue weighted by atomic mass is 16.5. The molecule has 0 spiro atoms. The average Bonchev–Trinajstić information content (AvgIpc) is 2.89. The van der Waals surface area contributed by atoms with Gasteiger partial charge in [0.1, 0.15) is 12.9 Å². The molecule has 0 radical (unpaired) electrons. The van der Waals surface area contributed by atoms with Gasteiger partial charge in [-0.2, -0.15) is 0 Å². The summed E-state index contributed by atoms with van der Waals surface area (Å²) in [6.45, 7) is 4.52. The molecule has 0 aliphatic carbocycles. The lowest BCUT2D eigenvalue weighted by Gasteiger charge is -2.27. The van der Waals surface area contributed by atoms with E-state index in [0.717, 1.165) is 17.5 Å². The van der Waals surface area contributed by atoms with Crippen molar-refractivity contribution >= 4 is 29.8 Å². The average molecular weight is 346 g/mol. The van der Waals surface area contributed by atoms with Crippen LogP contribution in [0.5, 0.6) is 0 Å². The number of ether oxygens (including phenoxy) is 1. The van der Waals surface area contributed by atoms with Crippen LogP contribution in [0.4, 0.5) is 5.69 Å². The topological polar surface area (TPSA) is 84.0 Å². The highest BCUT2D eigenvalue weighted by molar-refractivity contribution is 6.01. The molecule has 1 aromatic carbocycles. The van der Waals surface area contributed by atoms with Gasteiger partial charge in [0.15, 0.2) is 0 Å². The van der Waals surface area contributed by atoms with Gasteiger partial charge in [0.2, 0.25) is 11.8 Å². The first-order valence-corrected chi connectivity index (χ1v) is 8.19. The van der Waals surface area contributed by atoms with Crippen molar-refractivity contribution in [2.75, 3.05) is 31.1 Å². The maximum Gasteiger partial charge on any atom is 0.302 e. The highest BCUT2D eigenvalue weighted by Crippen LogP contribution is 2.19. The Kier molecular flexibility index (Phi) is 6.27. The quantitative estimate of drug-likeness (QED) is 0.401. The van der Waals surface area contributed by atoms with E-state index < -0.39 is 0 Å². The molecular weight excluding hydrogens is 324 g/mol. The monoisotopic (exact) mass is 346 g/mol. The number of hydrogen-bond donors (Lipinski definition) is 0. The number of aryl methyl sites for hydroxylation is 1. The van der Waals surface area contributed by atoms with Crippen molar-refractivity contribution < 1.29 is 23.9 Å². The molecule has 1 aromatic rings. The summed E-state index contributed by atoms with van der Waals surface area (Å²) < 4.78 is 5.00. The van der Waals surface area contributed by atoms with Crippen LogP contribution in [-0.4, -0.2) is 55.2 Å². The van der Waals surface area contributed by atoms with Gasteiger partial charge in [0.05, 0.1) is 6.54 Å². The number of carbonyl (C=O) groups excluding carboxylic acids is 4. The van der Waals surface area contributed by atoms with Gasteiger partial charge >= 0.3 is 5.97 Å². The molecule has 1 aliphatic rings. The second-order valence-electron chi connectivity index (χ2n) is 5.92. The fourth-order valence-corrected chi connectivity index (χ4v) is 2.75. The summed E-state index contributed by atoms with van der Waals surface area (Å²) >= 11 is 0. The Balaban J connectivity index is 2.10. The molecule has 0 unspecified atom stereocenters. The van der Waals surface area contributed by atoms with Crippen molar-refractivity contribution in [2.24, 2.45) is 0 Å². The molecule has 0 aromatic heterocycles. The number of aldehydes is 1. The van der Waals surface area contributed by atoms with Crippen molar-refractivity contribution in [3.8, 4) is 0 Å². The number of esters is 1. The molecule has 25 heavy (non-hydrogen) atoms. The summed E-state index contributed by atoms with van der Waals surface area (Å²) in [5.41, 5.74) is 2.28. The largest absolute Gasteiger partial charge is 0.464 e. The van der Waals surface area contributed by atoms with Gasteiger partial charge in [0, 0.05) is 44.1 Å². The standard InChI is InChI=1S/C18H22N2O5/c1-13-11-16(4-3-15(13)12-21)19(9-10-25-14(2)22)7-8-20-17(23)5-6-18(20)24/h3-4,11-12H,5-10H2,1-2H3. The summed E-state index contributed by atoms with van der Waals surface area (Å²) in [7, 11) is 0. The van der Waals surface area contributed by atoms with Crippen LogP contribution in [0.25, 0.3) is 0 Å². The molecule has 134 valence electrons. The Morgan fingerprint density at radius 1 is 1.24 bits per heavy atom. The van der Waals surface area contributed by atoms with Crippen LogP contribution in [0.2, 0.25) is 0 Å². The van der Waals surface area contributed by atoms with Crippen LogP contribution in [0, 0.1) is 6.92 Å². The van der Waals surface area contributed by atoms with Gasteiger partial charge in [-0.1, -0.05) is 0 Å². The molecule has 1 aliphatic heterocycles. The molecule has 1 saturated heterocycles. The van der Waals surface area contributed by atoms with E-state index in [-0.39, 0.29) is 43.8 Å². The highest BCUT2D eigenvalue weighted by Gasteiger charge is 2.28. The maximum absolute atomic E-state index is 11.8. The minimum atomic E-state index is -0.364. The third-order valence-corrected chi connectivity index (χ3v) is 4.16. The first-order chi connectivity index (χ1) is 11.9. The van der Waals surface area contributed by atoms with Gasteiger partial charge in [-0.25, -0.2) is 0 Å². The Bertz CT molecular complexity index is 670. The Morgan fingerprint density at radius 2 is 1.92 bits per heavy atom. The first kappa shape index (κ1) is 18.6. The summed E-state index contributed by atoms with van der Waals surface area (Å²) in [6, 6.07) is 5.39. The number of amides is 2. The van der Waals surface area contributed by atoms with E-state index in [4.69, 9.17) is 4.74 Å². The summed E-state index contributed by atoms with van der Waals surface area (Å²) in [4.78, 5) is 48.7. The van der Waals surface area contributed by atoms with Crippen LogP contribution in [0.3, 0.4) is 0 Å². The van der Waals surface area contributed by atoms with Crippen LogP contribution in [0.1, 0.15) is 35.7 Å². The van der Waals surface area contributed by atoms with Crippen molar-refractivity contribution in [1.29, 1.82) is 0 Å². The molecule has 2 amide bonds. The summed E-state index contributed by atoms with van der Waals surface area (Å²) in [5, 5.41) is 0. The van der Waals surface area contributed by atoms with Gasteiger partial charge in [-0.15, -0.1) is 0 Å². The lowest BCUT2D eigenvalue weighted by Crippen LogP contribution is -2.39. The number of imide groups is 1. The Labute approximate surface area is 146 Å². The fourth-order valence-electron chi connectivity index (χ4n) is 2.75. The minimum Gasteiger partial charge on any atom is -0.464 e. The number of rotatable bonds is 8. The third-order valence-electron chi connectivity index (χ3n) is 4.16. The first-order valence-electron chi connectivity index (χ1n) is 8.19. The van der Waals surface area contributed by atoms with E-state index in [0.29, 0.717) is 18.7 Å². The normalized spacial score (nSPS) is 13.9. The smallest absolute Gasteiger partial charge is 0.302 e. The SMILES string of the molecule is CC(=O)OCCN(CCN1C(=O)CCC1=O)c1ccc(C=O)c(C)c1. The second kappa shape index (κ2) is 8.41. The number of hydrogen-bond acceptors (Lipinski definition) is 6. The second-order valence-corrected chi connectivity index (χ2v) is 5.92. The lowest BCUT2D eigenvalue weighted by atomic mass is 10.1. The summed E-state index contributed by atoms with van der Waals surface area (Å²) in [6.07, 6.45) is 1.32. The van der Waals surface area contributed by atoms with E-state index in [1.54, 1.807) is 12.1 Å².